The molecule has 1 N–H and O–H groups in total. The Labute approximate surface area is 94.5 Å². The average molecular weight is 227 g/mol. The maximum absolute atomic E-state index is 11.4. The second-order valence-corrected chi connectivity index (χ2v) is 4.36. The lowest BCUT2D eigenvalue weighted by Crippen LogP contribution is -2.36. The zero-order chi connectivity index (χ0) is 11.3. The van der Waals surface area contributed by atoms with Crippen molar-refractivity contribution in [1.29, 1.82) is 0 Å². The number of thiophene rings is 1. The lowest BCUT2D eigenvalue weighted by molar-refractivity contribution is -0.145. The van der Waals surface area contributed by atoms with Crippen molar-refractivity contribution < 1.29 is 9.53 Å². The van der Waals surface area contributed by atoms with E-state index in [0.29, 0.717) is 6.61 Å². The fraction of sp³-hybridized carbons (Fsp3) is 0.545. The van der Waals surface area contributed by atoms with Crippen LogP contribution in [0, 0.1) is 0 Å². The third-order valence-electron chi connectivity index (χ3n) is 2.11. The highest BCUT2D eigenvalue weighted by atomic mass is 32.1. The number of ether oxygens (including phenoxy) is 1. The molecule has 15 heavy (non-hydrogen) atoms. The largest absolute Gasteiger partial charge is 0.465 e. The van der Waals surface area contributed by atoms with E-state index < -0.39 is 0 Å². The van der Waals surface area contributed by atoms with Crippen LogP contribution in [0.3, 0.4) is 0 Å². The minimum Gasteiger partial charge on any atom is -0.465 e. The number of hydrogen-bond donors (Lipinski definition) is 1. The van der Waals surface area contributed by atoms with Crippen LogP contribution < -0.4 is 5.32 Å². The van der Waals surface area contributed by atoms with Crippen molar-refractivity contribution in [3.05, 3.63) is 22.4 Å². The molecule has 0 aliphatic rings. The monoisotopic (exact) mass is 227 g/mol. The van der Waals surface area contributed by atoms with Gasteiger partial charge in [0.1, 0.15) is 6.04 Å². The Hall–Kier alpha value is -0.870. The molecule has 0 saturated carbocycles. The summed E-state index contributed by atoms with van der Waals surface area (Å²) in [5.41, 5.74) is 0. The van der Waals surface area contributed by atoms with Gasteiger partial charge in [-0.15, -0.1) is 11.3 Å². The summed E-state index contributed by atoms with van der Waals surface area (Å²) in [4.78, 5) is 12.6. The Morgan fingerprint density at radius 2 is 2.33 bits per heavy atom. The van der Waals surface area contributed by atoms with Gasteiger partial charge in [-0.05, 0) is 32.2 Å². The zero-order valence-electron chi connectivity index (χ0n) is 9.32. The van der Waals surface area contributed by atoms with Gasteiger partial charge in [0.05, 0.1) is 6.61 Å². The minimum atomic E-state index is -0.262. The van der Waals surface area contributed by atoms with Crippen LogP contribution in [0.25, 0.3) is 0 Å². The molecule has 3 nitrogen and oxygen atoms in total. The van der Waals surface area contributed by atoms with Crippen LogP contribution in [0.2, 0.25) is 0 Å². The van der Waals surface area contributed by atoms with Crippen LogP contribution in [0.5, 0.6) is 0 Å². The molecule has 0 aliphatic carbocycles. The molecule has 84 valence electrons. The number of carbonyl (C=O) groups is 1. The SMILES string of the molecule is CCOC(=O)[C@H](C)NC(C)c1cccs1. The number of rotatable bonds is 5. The molecular formula is C11H17NO2S. The maximum atomic E-state index is 11.4. The van der Waals surface area contributed by atoms with E-state index in [2.05, 4.69) is 11.4 Å². The summed E-state index contributed by atoms with van der Waals surface area (Å²) >= 11 is 1.68. The Balaban J connectivity index is 2.44. The van der Waals surface area contributed by atoms with Gasteiger partial charge in [-0.25, -0.2) is 0 Å². The van der Waals surface area contributed by atoms with Crippen molar-refractivity contribution in [2.24, 2.45) is 0 Å². The quantitative estimate of drug-likeness (QED) is 0.785. The first-order valence-electron chi connectivity index (χ1n) is 5.11. The predicted molar refractivity (Wildman–Crippen MR) is 62.0 cm³/mol. The van der Waals surface area contributed by atoms with E-state index in [-0.39, 0.29) is 18.1 Å². The smallest absolute Gasteiger partial charge is 0.322 e. The molecule has 0 aliphatic heterocycles. The van der Waals surface area contributed by atoms with Crippen molar-refractivity contribution in [2.75, 3.05) is 6.61 Å². The lowest BCUT2D eigenvalue weighted by atomic mass is 10.2. The molecule has 2 atom stereocenters. The predicted octanol–water partition coefficient (Wildman–Crippen LogP) is 2.35. The Morgan fingerprint density at radius 1 is 1.60 bits per heavy atom. The van der Waals surface area contributed by atoms with Crippen molar-refractivity contribution >= 4 is 17.3 Å². The summed E-state index contributed by atoms with van der Waals surface area (Å²) in [7, 11) is 0. The molecule has 1 unspecified atom stereocenters. The van der Waals surface area contributed by atoms with E-state index in [1.807, 2.05) is 32.2 Å². The number of hydrogen-bond acceptors (Lipinski definition) is 4. The summed E-state index contributed by atoms with van der Waals surface area (Å²) in [6.07, 6.45) is 0. The van der Waals surface area contributed by atoms with Crippen molar-refractivity contribution in [1.82, 2.24) is 5.32 Å². The molecule has 0 spiro atoms. The van der Waals surface area contributed by atoms with E-state index in [1.165, 1.54) is 4.88 Å². The minimum absolute atomic E-state index is 0.185. The Kier molecular flexibility index (Phi) is 4.78. The average Bonchev–Trinajstić information content (AvgIpc) is 2.70. The van der Waals surface area contributed by atoms with Crippen molar-refractivity contribution in [3.8, 4) is 0 Å². The maximum Gasteiger partial charge on any atom is 0.322 e. The van der Waals surface area contributed by atoms with E-state index in [9.17, 15) is 4.79 Å². The highest BCUT2D eigenvalue weighted by Gasteiger charge is 2.17. The molecule has 0 bridgehead atoms. The van der Waals surface area contributed by atoms with E-state index >= 15 is 0 Å². The summed E-state index contributed by atoms with van der Waals surface area (Å²) in [6, 6.07) is 3.99. The first kappa shape index (κ1) is 12.2. The molecule has 0 amide bonds. The molecule has 4 heteroatoms. The molecule has 0 fully saturated rings. The summed E-state index contributed by atoms with van der Waals surface area (Å²) in [6.45, 7) is 6.11. The molecule has 0 aromatic carbocycles. The van der Waals surface area contributed by atoms with E-state index in [0.717, 1.165) is 0 Å². The highest BCUT2D eigenvalue weighted by Crippen LogP contribution is 2.18. The topological polar surface area (TPSA) is 38.3 Å². The van der Waals surface area contributed by atoms with Crippen LogP contribution in [-0.2, 0) is 9.53 Å². The molecule has 1 aromatic rings. The second kappa shape index (κ2) is 5.88. The third-order valence-corrected chi connectivity index (χ3v) is 3.17. The van der Waals surface area contributed by atoms with Gasteiger partial charge < -0.3 is 4.74 Å². The molecule has 0 radical (unpaired) electrons. The van der Waals surface area contributed by atoms with Crippen LogP contribution in [-0.4, -0.2) is 18.6 Å². The van der Waals surface area contributed by atoms with Crippen LogP contribution in [0.4, 0.5) is 0 Å². The van der Waals surface area contributed by atoms with Gasteiger partial charge in [0.2, 0.25) is 0 Å². The lowest BCUT2D eigenvalue weighted by Gasteiger charge is -2.17. The highest BCUT2D eigenvalue weighted by molar-refractivity contribution is 7.10. The first-order chi connectivity index (χ1) is 7.15. The van der Waals surface area contributed by atoms with Gasteiger partial charge in [-0.3, -0.25) is 10.1 Å². The summed E-state index contributed by atoms with van der Waals surface area (Å²) in [5, 5.41) is 5.23. The van der Waals surface area contributed by atoms with Crippen molar-refractivity contribution in [2.45, 2.75) is 32.9 Å². The van der Waals surface area contributed by atoms with Crippen LogP contribution in [0.15, 0.2) is 17.5 Å². The standard InChI is InChI=1S/C11H17NO2S/c1-4-14-11(13)9(3)12-8(2)10-6-5-7-15-10/h5-9,12H,4H2,1-3H3/t8?,9-/m0/s1. The normalized spacial score (nSPS) is 14.6. The Morgan fingerprint density at radius 3 is 2.87 bits per heavy atom. The number of carbonyl (C=O) groups excluding carboxylic acids is 1. The van der Waals surface area contributed by atoms with Gasteiger partial charge in [0, 0.05) is 10.9 Å². The first-order valence-corrected chi connectivity index (χ1v) is 5.99. The van der Waals surface area contributed by atoms with E-state index in [4.69, 9.17) is 4.74 Å². The molecular weight excluding hydrogens is 210 g/mol. The van der Waals surface area contributed by atoms with Crippen LogP contribution >= 0.6 is 11.3 Å². The summed E-state index contributed by atoms with van der Waals surface area (Å²) < 4.78 is 4.92. The number of esters is 1. The fourth-order valence-corrected chi connectivity index (χ4v) is 2.07. The molecule has 1 rings (SSSR count). The molecule has 1 aromatic heterocycles. The number of nitrogens with one attached hydrogen (secondary N) is 1. The fourth-order valence-electron chi connectivity index (χ4n) is 1.33. The van der Waals surface area contributed by atoms with Gasteiger partial charge >= 0.3 is 5.97 Å². The Bertz CT molecular complexity index is 298. The van der Waals surface area contributed by atoms with Gasteiger partial charge in [0.25, 0.3) is 0 Å². The van der Waals surface area contributed by atoms with Gasteiger partial charge in [0.15, 0.2) is 0 Å². The van der Waals surface area contributed by atoms with E-state index in [1.54, 1.807) is 11.3 Å². The molecule has 0 saturated heterocycles. The zero-order valence-corrected chi connectivity index (χ0v) is 10.1. The van der Waals surface area contributed by atoms with Crippen molar-refractivity contribution in [3.63, 3.8) is 0 Å². The van der Waals surface area contributed by atoms with Crippen LogP contribution in [0.1, 0.15) is 31.7 Å². The van der Waals surface area contributed by atoms with Gasteiger partial charge in [-0.1, -0.05) is 6.07 Å². The summed E-state index contributed by atoms with van der Waals surface area (Å²) in [5.74, 6) is -0.194. The second-order valence-electron chi connectivity index (χ2n) is 3.38. The molecule has 1 heterocycles. The third kappa shape index (κ3) is 3.64. The van der Waals surface area contributed by atoms with Gasteiger partial charge in [-0.2, -0.15) is 0 Å².